The number of hydrogen-bond acceptors (Lipinski definition) is 4. The molecule has 2 aromatic carbocycles. The molecule has 0 aliphatic heterocycles. The number of carbonyl (C=O) groups is 2. The van der Waals surface area contributed by atoms with E-state index in [1.165, 1.54) is 17.7 Å². The van der Waals surface area contributed by atoms with Crippen LogP contribution in [-0.2, 0) is 4.79 Å². The molecular formula is C21H19N3O3. The largest absolute Gasteiger partial charge is 0.324 e. The van der Waals surface area contributed by atoms with E-state index in [4.69, 9.17) is 0 Å². The van der Waals surface area contributed by atoms with E-state index in [1.54, 1.807) is 37.3 Å². The summed E-state index contributed by atoms with van der Waals surface area (Å²) in [4.78, 5) is 36.1. The summed E-state index contributed by atoms with van der Waals surface area (Å²) in [7, 11) is 0. The maximum Gasteiger partial charge on any atom is 0.267 e. The van der Waals surface area contributed by atoms with Gasteiger partial charge in [0.2, 0.25) is 5.91 Å². The molecule has 0 spiro atoms. The molecule has 27 heavy (non-hydrogen) atoms. The average molecular weight is 361 g/mol. The molecule has 0 bridgehead atoms. The first-order valence-corrected chi connectivity index (χ1v) is 8.53. The van der Waals surface area contributed by atoms with Crippen LogP contribution in [0.1, 0.15) is 30.2 Å². The molecule has 1 amide bonds. The van der Waals surface area contributed by atoms with E-state index < -0.39 is 6.04 Å². The van der Waals surface area contributed by atoms with Crippen molar-refractivity contribution in [2.45, 2.75) is 19.9 Å². The van der Waals surface area contributed by atoms with E-state index in [-0.39, 0.29) is 17.2 Å². The predicted molar refractivity (Wildman–Crippen MR) is 104 cm³/mol. The van der Waals surface area contributed by atoms with Crippen molar-refractivity contribution in [2.24, 2.45) is 0 Å². The quantitative estimate of drug-likeness (QED) is 0.707. The Morgan fingerprint density at radius 3 is 2.26 bits per heavy atom. The van der Waals surface area contributed by atoms with Crippen molar-refractivity contribution in [1.82, 2.24) is 9.78 Å². The molecular weight excluding hydrogens is 342 g/mol. The first-order chi connectivity index (χ1) is 13.0. The fourth-order valence-corrected chi connectivity index (χ4v) is 2.61. The van der Waals surface area contributed by atoms with Crippen LogP contribution in [0.2, 0.25) is 0 Å². The molecule has 136 valence electrons. The Morgan fingerprint density at radius 2 is 1.63 bits per heavy atom. The minimum atomic E-state index is -0.798. The van der Waals surface area contributed by atoms with Gasteiger partial charge < -0.3 is 5.32 Å². The molecule has 1 heterocycles. The molecule has 1 N–H and O–H groups in total. The van der Waals surface area contributed by atoms with Crippen molar-refractivity contribution in [1.29, 1.82) is 0 Å². The molecule has 0 saturated carbocycles. The van der Waals surface area contributed by atoms with Gasteiger partial charge in [0.25, 0.3) is 5.56 Å². The SMILES string of the molecule is CC(=O)c1ccc(NC(=O)[C@H](C)n2nc(-c3ccccc3)ccc2=O)cc1. The van der Waals surface area contributed by atoms with Crippen molar-refractivity contribution in [3.63, 3.8) is 0 Å². The number of anilines is 1. The smallest absolute Gasteiger partial charge is 0.267 e. The first-order valence-electron chi connectivity index (χ1n) is 8.53. The minimum absolute atomic E-state index is 0.0466. The highest BCUT2D eigenvalue weighted by atomic mass is 16.2. The lowest BCUT2D eigenvalue weighted by molar-refractivity contribution is -0.119. The highest BCUT2D eigenvalue weighted by Gasteiger charge is 2.18. The number of rotatable bonds is 5. The second-order valence-corrected chi connectivity index (χ2v) is 6.17. The summed E-state index contributed by atoms with van der Waals surface area (Å²) in [5.41, 5.74) is 2.22. The Morgan fingerprint density at radius 1 is 0.963 bits per heavy atom. The van der Waals surface area contributed by atoms with Crippen molar-refractivity contribution < 1.29 is 9.59 Å². The fraction of sp³-hybridized carbons (Fsp3) is 0.143. The standard InChI is InChI=1S/C21H19N3O3/c1-14(21(27)22-18-10-8-16(9-11-18)15(2)25)24-20(26)13-12-19(23-24)17-6-4-3-5-7-17/h3-14H,1-2H3,(H,22,27)/t14-/m0/s1. The molecule has 0 aliphatic rings. The van der Waals surface area contributed by atoms with Crippen LogP contribution in [0.5, 0.6) is 0 Å². The Hall–Kier alpha value is -3.54. The summed E-state index contributed by atoms with van der Waals surface area (Å²) in [5.74, 6) is -0.417. The van der Waals surface area contributed by atoms with Gasteiger partial charge in [-0.2, -0.15) is 5.10 Å². The Balaban J connectivity index is 1.82. The van der Waals surface area contributed by atoms with Crippen molar-refractivity contribution in [3.05, 3.63) is 82.6 Å². The van der Waals surface area contributed by atoms with Gasteiger partial charge in [0.1, 0.15) is 6.04 Å². The van der Waals surface area contributed by atoms with Gasteiger partial charge >= 0.3 is 0 Å². The van der Waals surface area contributed by atoms with Crippen molar-refractivity contribution >= 4 is 17.4 Å². The number of aromatic nitrogens is 2. The molecule has 0 saturated heterocycles. The number of ketones is 1. The molecule has 0 radical (unpaired) electrons. The number of hydrogen-bond donors (Lipinski definition) is 1. The van der Waals surface area contributed by atoms with Crippen LogP contribution in [-0.4, -0.2) is 21.5 Å². The van der Waals surface area contributed by atoms with Crippen molar-refractivity contribution in [3.8, 4) is 11.3 Å². The van der Waals surface area contributed by atoms with Crippen LogP contribution in [0.4, 0.5) is 5.69 Å². The number of carbonyl (C=O) groups excluding carboxylic acids is 2. The highest BCUT2D eigenvalue weighted by Crippen LogP contribution is 2.16. The number of nitrogens with zero attached hydrogens (tertiary/aromatic N) is 2. The second kappa shape index (κ2) is 7.78. The topological polar surface area (TPSA) is 81.1 Å². The molecule has 3 aromatic rings. The van der Waals surface area contributed by atoms with E-state index >= 15 is 0 Å². The maximum atomic E-state index is 12.6. The number of benzene rings is 2. The summed E-state index contributed by atoms with van der Waals surface area (Å²) in [5, 5.41) is 7.08. The third-order valence-corrected chi connectivity index (χ3v) is 4.20. The van der Waals surface area contributed by atoms with Gasteiger partial charge in [0.15, 0.2) is 5.78 Å². The van der Waals surface area contributed by atoms with Gasteiger partial charge in [-0.25, -0.2) is 4.68 Å². The number of amides is 1. The third-order valence-electron chi connectivity index (χ3n) is 4.20. The van der Waals surface area contributed by atoms with Gasteiger partial charge in [0, 0.05) is 22.9 Å². The minimum Gasteiger partial charge on any atom is -0.324 e. The predicted octanol–water partition coefficient (Wildman–Crippen LogP) is 3.31. The van der Waals surface area contributed by atoms with E-state index in [0.717, 1.165) is 5.56 Å². The zero-order chi connectivity index (χ0) is 19.4. The van der Waals surface area contributed by atoms with Crippen LogP contribution in [0.15, 0.2) is 71.5 Å². The van der Waals surface area contributed by atoms with Crippen molar-refractivity contribution in [2.75, 3.05) is 5.32 Å². The zero-order valence-corrected chi connectivity index (χ0v) is 15.0. The van der Waals surface area contributed by atoms with Crippen LogP contribution in [0.3, 0.4) is 0 Å². The van der Waals surface area contributed by atoms with E-state index in [1.807, 2.05) is 30.3 Å². The molecule has 0 unspecified atom stereocenters. The lowest BCUT2D eigenvalue weighted by Gasteiger charge is -2.15. The van der Waals surface area contributed by atoms with E-state index in [9.17, 15) is 14.4 Å². The van der Waals surface area contributed by atoms with E-state index in [2.05, 4.69) is 10.4 Å². The Labute approximate surface area is 156 Å². The summed E-state index contributed by atoms with van der Waals surface area (Å²) in [6.07, 6.45) is 0. The van der Waals surface area contributed by atoms with Crippen LogP contribution >= 0.6 is 0 Å². The van der Waals surface area contributed by atoms with Gasteiger partial charge in [-0.3, -0.25) is 14.4 Å². The number of Topliss-reactive ketones (excluding diaryl/α,β-unsaturated/α-hetero) is 1. The van der Waals surface area contributed by atoms with Crippen LogP contribution in [0, 0.1) is 0 Å². The maximum absolute atomic E-state index is 12.6. The normalized spacial score (nSPS) is 11.6. The summed E-state index contributed by atoms with van der Waals surface area (Å²) < 4.78 is 1.17. The summed E-state index contributed by atoms with van der Waals surface area (Å²) in [6.45, 7) is 3.09. The van der Waals surface area contributed by atoms with Gasteiger partial charge in [-0.1, -0.05) is 30.3 Å². The average Bonchev–Trinajstić information content (AvgIpc) is 2.69. The lowest BCUT2D eigenvalue weighted by atomic mass is 10.1. The molecule has 1 atom stereocenters. The summed E-state index contributed by atoms with van der Waals surface area (Å²) in [6, 6.07) is 18.3. The Kier molecular flexibility index (Phi) is 5.26. The second-order valence-electron chi connectivity index (χ2n) is 6.17. The highest BCUT2D eigenvalue weighted by molar-refractivity contribution is 5.96. The lowest BCUT2D eigenvalue weighted by Crippen LogP contribution is -2.33. The molecule has 0 aliphatic carbocycles. The zero-order valence-electron chi connectivity index (χ0n) is 15.0. The third kappa shape index (κ3) is 4.17. The fourth-order valence-electron chi connectivity index (χ4n) is 2.61. The monoisotopic (exact) mass is 361 g/mol. The van der Waals surface area contributed by atoms with Gasteiger partial charge in [0.05, 0.1) is 5.69 Å². The van der Waals surface area contributed by atoms with Gasteiger partial charge in [-0.05, 0) is 44.2 Å². The van der Waals surface area contributed by atoms with Gasteiger partial charge in [-0.15, -0.1) is 0 Å². The summed E-state index contributed by atoms with van der Waals surface area (Å²) >= 11 is 0. The van der Waals surface area contributed by atoms with Crippen LogP contribution < -0.4 is 10.9 Å². The first kappa shape index (κ1) is 18.3. The molecule has 0 fully saturated rings. The Bertz CT molecular complexity index is 1020. The molecule has 1 aromatic heterocycles. The van der Waals surface area contributed by atoms with E-state index in [0.29, 0.717) is 16.9 Å². The molecule has 3 rings (SSSR count). The molecule has 6 nitrogen and oxygen atoms in total. The van der Waals surface area contributed by atoms with Crippen LogP contribution in [0.25, 0.3) is 11.3 Å². The number of nitrogens with one attached hydrogen (secondary N) is 1. The molecule has 6 heteroatoms.